The van der Waals surface area contributed by atoms with E-state index in [4.69, 9.17) is 5.73 Å². The van der Waals surface area contributed by atoms with Gasteiger partial charge >= 0.3 is 0 Å². The number of nitrogen functional groups attached to an aromatic ring is 1. The van der Waals surface area contributed by atoms with E-state index < -0.39 is 10.8 Å². The van der Waals surface area contributed by atoms with Crippen LogP contribution >= 0.6 is 0 Å². The van der Waals surface area contributed by atoms with Gasteiger partial charge in [0, 0.05) is 18.7 Å². The Balaban J connectivity index is 1.59. The van der Waals surface area contributed by atoms with Gasteiger partial charge in [-0.2, -0.15) is 9.78 Å². The first kappa shape index (κ1) is 21.0. The summed E-state index contributed by atoms with van der Waals surface area (Å²) in [5, 5.41) is 30.3. The lowest BCUT2D eigenvalue weighted by molar-refractivity contribution is -0.384. The Kier molecular flexibility index (Phi) is 5.85. The second kappa shape index (κ2) is 8.89. The maximum atomic E-state index is 13.1. The van der Waals surface area contributed by atoms with Gasteiger partial charge in [-0.15, -0.1) is 5.10 Å². The zero-order valence-electron chi connectivity index (χ0n) is 17.1. The number of benzene rings is 1. The van der Waals surface area contributed by atoms with Crippen LogP contribution in [0.25, 0.3) is 5.82 Å². The number of hydrogen-bond acceptors (Lipinski definition) is 11. The van der Waals surface area contributed by atoms with Crippen molar-refractivity contribution < 1.29 is 14.3 Å². The predicted molar refractivity (Wildman–Crippen MR) is 111 cm³/mol. The molecule has 0 unspecified atom stereocenters. The first-order valence-corrected chi connectivity index (χ1v) is 9.79. The summed E-state index contributed by atoms with van der Waals surface area (Å²) >= 11 is 0. The molecule has 3 N–H and O–H groups in total. The van der Waals surface area contributed by atoms with Gasteiger partial charge in [0.05, 0.1) is 10.6 Å². The topological polar surface area (TPSA) is 183 Å². The Morgan fingerprint density at radius 2 is 2.00 bits per heavy atom. The molecule has 14 nitrogen and oxygen atoms in total. The number of likely N-dealkylation sites (tertiary alicyclic amines) is 1. The van der Waals surface area contributed by atoms with Gasteiger partial charge < -0.3 is 5.73 Å². The third-order valence-corrected chi connectivity index (χ3v) is 5.04. The van der Waals surface area contributed by atoms with Crippen LogP contribution in [0.4, 0.5) is 11.5 Å². The summed E-state index contributed by atoms with van der Waals surface area (Å²) in [5.41, 5.74) is 9.84. The van der Waals surface area contributed by atoms with Gasteiger partial charge in [-0.1, -0.05) is 5.21 Å². The number of carbonyl (C=O) groups is 1. The van der Waals surface area contributed by atoms with E-state index in [1.54, 1.807) is 19.1 Å². The molecule has 1 aliphatic heterocycles. The van der Waals surface area contributed by atoms with Crippen LogP contribution in [-0.2, 0) is 6.54 Å². The van der Waals surface area contributed by atoms with Gasteiger partial charge in [-0.25, -0.2) is 10.1 Å². The minimum atomic E-state index is -0.576. The summed E-state index contributed by atoms with van der Waals surface area (Å²) in [6.45, 7) is 3.90. The molecule has 0 radical (unpaired) electrons. The van der Waals surface area contributed by atoms with E-state index in [-0.39, 0.29) is 23.0 Å². The van der Waals surface area contributed by atoms with Crippen LogP contribution in [0.15, 0.2) is 34.0 Å². The summed E-state index contributed by atoms with van der Waals surface area (Å²) in [5.74, 6) is -0.568. The Labute approximate surface area is 181 Å². The number of hydrogen-bond donors (Lipinski definition) is 2. The Morgan fingerprint density at radius 1 is 1.28 bits per heavy atom. The number of anilines is 1. The summed E-state index contributed by atoms with van der Waals surface area (Å²) in [4.78, 5) is 25.6. The fourth-order valence-electron chi connectivity index (χ4n) is 3.36. The first-order chi connectivity index (χ1) is 15.4. The second-order valence-electron chi connectivity index (χ2n) is 7.19. The van der Waals surface area contributed by atoms with Crippen molar-refractivity contribution in [2.24, 2.45) is 5.10 Å². The molecule has 14 heteroatoms. The van der Waals surface area contributed by atoms with Crippen LogP contribution in [0, 0.1) is 10.1 Å². The van der Waals surface area contributed by atoms with E-state index in [2.05, 4.69) is 40.7 Å². The van der Waals surface area contributed by atoms with Gasteiger partial charge in [-0.05, 0) is 60.9 Å². The number of hydrazone groups is 1. The number of amides is 1. The first-order valence-electron chi connectivity index (χ1n) is 9.79. The van der Waals surface area contributed by atoms with E-state index in [1.807, 2.05) is 0 Å². The summed E-state index contributed by atoms with van der Waals surface area (Å²) in [6.07, 6.45) is 2.16. The number of nitrogens with two attached hydrogens (primary N) is 1. The number of nitro groups is 1. The number of non-ortho nitro benzene ring substituents is 1. The molecule has 3 heterocycles. The highest BCUT2D eigenvalue weighted by Crippen LogP contribution is 2.19. The SMILES string of the molecule is C/C(=N\NC(=O)c1c(CN2CCCC2)nnn1-c1nonc1N)c1ccc([N+](=O)[O-])cc1. The fourth-order valence-corrected chi connectivity index (χ4v) is 3.36. The largest absolute Gasteiger partial charge is 0.378 e. The van der Waals surface area contributed by atoms with E-state index >= 15 is 0 Å². The fraction of sp³-hybridized carbons (Fsp3) is 0.333. The minimum Gasteiger partial charge on any atom is -0.378 e. The van der Waals surface area contributed by atoms with Gasteiger partial charge in [0.1, 0.15) is 5.69 Å². The highest BCUT2D eigenvalue weighted by atomic mass is 16.6. The van der Waals surface area contributed by atoms with Crippen molar-refractivity contribution in [1.82, 2.24) is 35.6 Å². The molecule has 0 spiro atoms. The molecular formula is C18H20N10O4. The molecule has 2 aromatic heterocycles. The second-order valence-corrected chi connectivity index (χ2v) is 7.19. The Morgan fingerprint density at radius 3 is 2.62 bits per heavy atom. The maximum absolute atomic E-state index is 13.1. The molecule has 32 heavy (non-hydrogen) atoms. The average molecular weight is 440 g/mol. The standard InChI is InChI=1S/C18H20N10O4/c1-11(12-4-6-13(7-5-12)28(30)31)20-22-18(29)15-14(10-26-8-2-3-9-26)21-25-27(15)17-16(19)23-32-24-17/h4-7H,2-3,8-10H2,1H3,(H2,19,23)(H,22,29)/b20-11+. The third kappa shape index (κ3) is 4.29. The van der Waals surface area contributed by atoms with Crippen LogP contribution in [-0.4, -0.2) is 59.8 Å². The minimum absolute atomic E-state index is 0.0362. The average Bonchev–Trinajstić information content (AvgIpc) is 3.53. The number of rotatable bonds is 7. The van der Waals surface area contributed by atoms with Crippen LogP contribution in [0.1, 0.15) is 41.5 Å². The molecule has 3 aromatic rings. The molecule has 1 aliphatic rings. The smallest absolute Gasteiger partial charge is 0.292 e. The van der Waals surface area contributed by atoms with Gasteiger partial charge in [-0.3, -0.25) is 19.8 Å². The lowest BCUT2D eigenvalue weighted by Gasteiger charge is -2.13. The van der Waals surface area contributed by atoms with Crippen molar-refractivity contribution >= 4 is 23.1 Å². The number of carbonyl (C=O) groups excluding carboxylic acids is 1. The third-order valence-electron chi connectivity index (χ3n) is 5.04. The highest BCUT2D eigenvalue weighted by molar-refractivity contribution is 6.01. The van der Waals surface area contributed by atoms with Gasteiger partial charge in [0.25, 0.3) is 11.6 Å². The quantitative estimate of drug-likeness (QED) is 0.304. The zero-order chi connectivity index (χ0) is 22.7. The molecule has 0 saturated carbocycles. The molecule has 1 aromatic carbocycles. The lowest BCUT2D eigenvalue weighted by atomic mass is 10.1. The van der Waals surface area contributed by atoms with E-state index in [9.17, 15) is 14.9 Å². The van der Waals surface area contributed by atoms with Crippen molar-refractivity contribution in [2.75, 3.05) is 18.8 Å². The van der Waals surface area contributed by atoms with E-state index in [0.717, 1.165) is 25.9 Å². The zero-order valence-corrected chi connectivity index (χ0v) is 17.1. The van der Waals surface area contributed by atoms with Crippen molar-refractivity contribution in [1.29, 1.82) is 0 Å². The number of aromatic nitrogens is 5. The summed E-state index contributed by atoms with van der Waals surface area (Å²) < 4.78 is 5.80. The molecule has 1 amide bonds. The molecule has 0 atom stereocenters. The van der Waals surface area contributed by atoms with Crippen LogP contribution in [0.2, 0.25) is 0 Å². The monoisotopic (exact) mass is 440 g/mol. The molecule has 4 rings (SSSR count). The predicted octanol–water partition coefficient (Wildman–Crippen LogP) is 0.891. The van der Waals surface area contributed by atoms with Gasteiger partial charge in [0.2, 0.25) is 11.6 Å². The molecule has 0 bridgehead atoms. The molecular weight excluding hydrogens is 420 g/mol. The van der Waals surface area contributed by atoms with E-state index in [1.165, 1.54) is 16.8 Å². The van der Waals surface area contributed by atoms with Crippen molar-refractivity contribution in [3.8, 4) is 5.82 Å². The number of nitrogens with one attached hydrogen (secondary N) is 1. The normalized spacial score (nSPS) is 14.6. The summed E-state index contributed by atoms with van der Waals surface area (Å²) in [7, 11) is 0. The molecule has 166 valence electrons. The van der Waals surface area contributed by atoms with Crippen LogP contribution in [0.3, 0.4) is 0 Å². The van der Waals surface area contributed by atoms with Gasteiger partial charge in [0.15, 0.2) is 5.69 Å². The summed E-state index contributed by atoms with van der Waals surface area (Å²) in [6, 6.07) is 5.83. The van der Waals surface area contributed by atoms with Crippen LogP contribution in [0.5, 0.6) is 0 Å². The Hall–Kier alpha value is -4.20. The highest BCUT2D eigenvalue weighted by Gasteiger charge is 2.27. The van der Waals surface area contributed by atoms with Crippen LogP contribution < -0.4 is 11.2 Å². The molecule has 0 aliphatic carbocycles. The van der Waals surface area contributed by atoms with Crippen molar-refractivity contribution in [3.63, 3.8) is 0 Å². The number of nitro benzene ring substituents is 1. The van der Waals surface area contributed by atoms with Crippen molar-refractivity contribution in [2.45, 2.75) is 26.3 Å². The number of nitrogens with zero attached hydrogens (tertiary/aromatic N) is 8. The Bertz CT molecular complexity index is 1160. The molecule has 1 saturated heterocycles. The lowest BCUT2D eigenvalue weighted by Crippen LogP contribution is -2.26. The van der Waals surface area contributed by atoms with E-state index in [0.29, 0.717) is 23.5 Å². The molecule has 1 fully saturated rings. The van der Waals surface area contributed by atoms with Crippen molar-refractivity contribution in [3.05, 3.63) is 51.3 Å². The maximum Gasteiger partial charge on any atom is 0.292 e.